The Morgan fingerprint density at radius 1 is 1.40 bits per heavy atom. The third-order valence-corrected chi connectivity index (χ3v) is 6.26. The average Bonchev–Trinajstić information content (AvgIpc) is 3.34. The van der Waals surface area contributed by atoms with Gasteiger partial charge in [-0.15, -0.1) is 0 Å². The summed E-state index contributed by atoms with van der Waals surface area (Å²) in [6.07, 6.45) is 5.40. The van der Waals surface area contributed by atoms with E-state index in [1.807, 2.05) is 24.4 Å². The lowest BCUT2D eigenvalue weighted by Crippen LogP contribution is -2.21. The van der Waals surface area contributed by atoms with Crippen LogP contribution in [-0.2, 0) is 6.42 Å². The van der Waals surface area contributed by atoms with Crippen LogP contribution in [0.25, 0.3) is 10.9 Å². The summed E-state index contributed by atoms with van der Waals surface area (Å²) in [5.74, 6) is 1.30. The molecule has 1 N–H and O–H groups in total. The number of hydrogen-bond acceptors (Lipinski definition) is 4. The number of nitrogens with zero attached hydrogens (tertiary/aromatic N) is 1. The largest absolute Gasteiger partial charge is 0.418 e. The van der Waals surface area contributed by atoms with Crippen molar-refractivity contribution >= 4 is 28.0 Å². The molecule has 1 saturated carbocycles. The van der Waals surface area contributed by atoms with Gasteiger partial charge in [0, 0.05) is 28.4 Å². The van der Waals surface area contributed by atoms with E-state index in [9.17, 15) is 4.79 Å². The first-order valence-electron chi connectivity index (χ1n) is 9.09. The molecular formula is C20H28N2O2S. The van der Waals surface area contributed by atoms with Crippen molar-refractivity contribution in [1.29, 1.82) is 0 Å². The van der Waals surface area contributed by atoms with Gasteiger partial charge in [0.05, 0.1) is 0 Å². The number of hydrogen-bond donors (Lipinski definition) is 1. The Morgan fingerprint density at radius 2 is 2.16 bits per heavy atom. The van der Waals surface area contributed by atoms with Crippen LogP contribution in [0.3, 0.4) is 0 Å². The lowest BCUT2D eigenvalue weighted by atomic mass is 10.1. The minimum Gasteiger partial charge on any atom is -0.418 e. The topological polar surface area (TPSA) is 45.3 Å². The van der Waals surface area contributed by atoms with E-state index in [0.717, 1.165) is 30.4 Å². The van der Waals surface area contributed by atoms with Gasteiger partial charge in [-0.1, -0.05) is 13.0 Å². The van der Waals surface area contributed by atoms with E-state index in [1.54, 1.807) is 0 Å². The zero-order valence-electron chi connectivity index (χ0n) is 15.6. The molecule has 1 aliphatic carbocycles. The summed E-state index contributed by atoms with van der Waals surface area (Å²) in [4.78, 5) is 18.1. The number of rotatable bonds is 7. The fourth-order valence-corrected chi connectivity index (χ4v) is 4.12. The lowest BCUT2D eigenvalue weighted by Gasteiger charge is -2.21. The van der Waals surface area contributed by atoms with Gasteiger partial charge in [0.25, 0.3) is 0 Å². The Labute approximate surface area is 154 Å². The molecule has 1 heterocycles. The summed E-state index contributed by atoms with van der Waals surface area (Å²) >= 11 is 1.33. The molecule has 3 rings (SSSR count). The van der Waals surface area contributed by atoms with E-state index in [1.165, 1.54) is 30.2 Å². The highest BCUT2D eigenvalue weighted by Crippen LogP contribution is 2.47. The molecule has 0 saturated heterocycles. The highest BCUT2D eigenvalue weighted by molar-refractivity contribution is 8.14. The number of carbonyl (C=O) groups excluding carboxylic acids is 1. The van der Waals surface area contributed by atoms with Crippen LogP contribution in [0.15, 0.2) is 24.4 Å². The number of carbonyl (C=O) groups is 1. The Morgan fingerprint density at radius 3 is 2.84 bits per heavy atom. The Kier molecular flexibility index (Phi) is 5.44. The number of ether oxygens (including phenoxy) is 1. The molecule has 0 atom stereocenters. The van der Waals surface area contributed by atoms with E-state index in [2.05, 4.69) is 37.7 Å². The number of H-pyrrole nitrogens is 1. The molecular weight excluding hydrogens is 332 g/mol. The van der Waals surface area contributed by atoms with Crippen LogP contribution in [0.2, 0.25) is 0 Å². The summed E-state index contributed by atoms with van der Waals surface area (Å²) in [7, 11) is 2.12. The van der Waals surface area contributed by atoms with Crippen LogP contribution < -0.4 is 4.74 Å². The van der Waals surface area contributed by atoms with Crippen molar-refractivity contribution in [3.8, 4) is 5.75 Å². The Balaban J connectivity index is 1.76. The molecule has 0 unspecified atom stereocenters. The van der Waals surface area contributed by atoms with Gasteiger partial charge in [0.15, 0.2) is 0 Å². The van der Waals surface area contributed by atoms with Crippen LogP contribution in [0.1, 0.15) is 39.2 Å². The van der Waals surface area contributed by atoms with E-state index in [0.29, 0.717) is 11.7 Å². The van der Waals surface area contributed by atoms with E-state index in [4.69, 9.17) is 4.74 Å². The van der Waals surface area contributed by atoms with Crippen LogP contribution in [0.4, 0.5) is 4.79 Å². The number of aromatic nitrogens is 1. The second-order valence-electron chi connectivity index (χ2n) is 7.47. The summed E-state index contributed by atoms with van der Waals surface area (Å²) in [6.45, 7) is 8.44. The van der Waals surface area contributed by atoms with Gasteiger partial charge in [0.2, 0.25) is 0 Å². The van der Waals surface area contributed by atoms with Gasteiger partial charge in [0.1, 0.15) is 5.75 Å². The van der Waals surface area contributed by atoms with Crippen LogP contribution in [0.5, 0.6) is 5.75 Å². The zero-order chi connectivity index (χ0) is 18.0. The van der Waals surface area contributed by atoms with Crippen molar-refractivity contribution in [2.45, 2.75) is 44.8 Å². The minimum absolute atomic E-state index is 0.0458. The van der Waals surface area contributed by atoms with Crippen molar-refractivity contribution in [3.05, 3.63) is 30.0 Å². The molecule has 2 aromatic rings. The number of aromatic amines is 1. The normalized spacial score (nSPS) is 15.1. The maximum absolute atomic E-state index is 12.5. The number of fused-ring (bicyclic) bond motifs is 1. The molecule has 1 aliphatic rings. The van der Waals surface area contributed by atoms with Gasteiger partial charge < -0.3 is 14.6 Å². The van der Waals surface area contributed by atoms with E-state index in [-0.39, 0.29) is 10.0 Å². The highest BCUT2D eigenvalue weighted by atomic mass is 32.2. The second kappa shape index (κ2) is 7.42. The molecule has 0 amide bonds. The van der Waals surface area contributed by atoms with Crippen molar-refractivity contribution < 1.29 is 9.53 Å². The lowest BCUT2D eigenvalue weighted by molar-refractivity contribution is 0.227. The maximum Gasteiger partial charge on any atom is 0.373 e. The Hall–Kier alpha value is -1.46. The standard InChI is InChI=1S/C20H28N2O2S/c1-5-22(4)12-11-14-13-21-16-7-6-8-17(18(14)16)24-19(23)25-20(2,3)15-9-10-15/h6-8,13,15,21H,5,9-12H2,1-4H3. The average molecular weight is 361 g/mol. The third kappa shape index (κ3) is 4.39. The number of nitrogens with one attached hydrogen (secondary N) is 1. The van der Waals surface area contributed by atoms with Crippen LogP contribution in [0, 0.1) is 5.92 Å². The van der Waals surface area contributed by atoms with Crippen molar-refractivity contribution in [2.24, 2.45) is 5.92 Å². The maximum atomic E-state index is 12.5. The molecule has 0 bridgehead atoms. The van der Waals surface area contributed by atoms with Crippen molar-refractivity contribution in [1.82, 2.24) is 9.88 Å². The molecule has 5 heteroatoms. The molecule has 4 nitrogen and oxygen atoms in total. The highest BCUT2D eigenvalue weighted by Gasteiger charge is 2.40. The monoisotopic (exact) mass is 360 g/mol. The first-order valence-corrected chi connectivity index (χ1v) is 9.90. The van der Waals surface area contributed by atoms with Gasteiger partial charge in [-0.3, -0.25) is 0 Å². The van der Waals surface area contributed by atoms with Crippen LogP contribution >= 0.6 is 11.8 Å². The molecule has 0 aliphatic heterocycles. The first-order chi connectivity index (χ1) is 11.9. The molecule has 0 spiro atoms. The fourth-order valence-electron chi connectivity index (χ4n) is 3.16. The van der Waals surface area contributed by atoms with Gasteiger partial charge in [-0.25, -0.2) is 4.79 Å². The molecule has 0 radical (unpaired) electrons. The van der Waals surface area contributed by atoms with Gasteiger partial charge >= 0.3 is 5.30 Å². The fraction of sp³-hybridized carbons (Fsp3) is 0.550. The van der Waals surface area contributed by atoms with E-state index < -0.39 is 0 Å². The van der Waals surface area contributed by atoms with Gasteiger partial charge in [-0.05, 0) is 82.1 Å². The smallest absolute Gasteiger partial charge is 0.373 e. The molecule has 1 aromatic carbocycles. The SMILES string of the molecule is CCN(C)CCc1c[nH]c2cccc(OC(=O)SC(C)(C)C3CC3)c12. The second-order valence-corrected chi connectivity index (χ2v) is 9.06. The predicted octanol–water partition coefficient (Wildman–Crippen LogP) is 5.08. The number of benzene rings is 1. The number of likely N-dealkylation sites (N-methyl/N-ethyl adjacent to an activating group) is 1. The molecule has 1 fully saturated rings. The predicted molar refractivity (Wildman–Crippen MR) is 106 cm³/mol. The van der Waals surface area contributed by atoms with Gasteiger partial charge in [-0.2, -0.15) is 0 Å². The van der Waals surface area contributed by atoms with E-state index >= 15 is 0 Å². The number of thioether (sulfide) groups is 1. The first kappa shape index (κ1) is 18.3. The minimum atomic E-state index is -0.206. The van der Waals surface area contributed by atoms with Crippen molar-refractivity contribution in [2.75, 3.05) is 20.1 Å². The van der Waals surface area contributed by atoms with Crippen LogP contribution in [-0.4, -0.2) is 40.1 Å². The summed E-state index contributed by atoms with van der Waals surface area (Å²) in [6, 6.07) is 5.85. The Bertz CT molecular complexity index is 749. The zero-order valence-corrected chi connectivity index (χ0v) is 16.4. The molecule has 25 heavy (non-hydrogen) atoms. The quantitative estimate of drug-likeness (QED) is 0.699. The van der Waals surface area contributed by atoms with Crippen molar-refractivity contribution in [3.63, 3.8) is 0 Å². The summed E-state index contributed by atoms with van der Waals surface area (Å²) in [5.41, 5.74) is 2.22. The third-order valence-electron chi connectivity index (χ3n) is 5.15. The molecule has 1 aromatic heterocycles. The molecule has 136 valence electrons. The summed E-state index contributed by atoms with van der Waals surface area (Å²) < 4.78 is 5.72. The summed E-state index contributed by atoms with van der Waals surface area (Å²) in [5, 5.41) is 0.826.